The van der Waals surface area contributed by atoms with Gasteiger partial charge in [-0.15, -0.1) is 33.2 Å². The van der Waals surface area contributed by atoms with Gasteiger partial charge >= 0.3 is 24.3 Å². The van der Waals surface area contributed by atoms with Crippen LogP contribution in [0.15, 0.2) is 0 Å². The molecule has 0 amide bonds. The summed E-state index contributed by atoms with van der Waals surface area (Å²) in [5, 5.41) is 0. The molecule has 0 aromatic carbocycles. The monoisotopic (exact) mass is 227 g/mol. The van der Waals surface area contributed by atoms with Gasteiger partial charge in [-0.3, -0.25) is 0 Å². The Morgan fingerprint density at radius 1 is 1.00 bits per heavy atom. The van der Waals surface area contributed by atoms with E-state index < -0.39 is 6.73 Å². The Morgan fingerprint density at radius 3 is 1.00 bits per heavy atom. The van der Waals surface area contributed by atoms with Gasteiger partial charge in [-0.05, 0) is 0 Å². The predicted octanol–water partition coefficient (Wildman–Crippen LogP) is 0.666. The fourth-order valence-corrected chi connectivity index (χ4v) is 0. The van der Waals surface area contributed by atoms with Gasteiger partial charge in [-0.2, -0.15) is 0 Å². The summed E-state index contributed by atoms with van der Waals surface area (Å²) < 4.78 is 0. The van der Waals surface area contributed by atoms with Crippen LogP contribution >= 0.6 is 33.2 Å². The fraction of sp³-hybridized carbons (Fsp3) is 0. The number of hydrogen-bond acceptors (Lipinski definition) is 1. The van der Waals surface area contributed by atoms with Gasteiger partial charge in [-0.1, -0.05) is 0 Å². The average molecular weight is 227 g/mol. The van der Waals surface area contributed by atoms with Crippen molar-refractivity contribution in [3.63, 3.8) is 0 Å². The molecule has 0 rings (SSSR count). The Balaban J connectivity index is -0.0000000450. The summed E-state index contributed by atoms with van der Waals surface area (Å²) in [4.78, 5) is 0. The third-order valence-electron chi connectivity index (χ3n) is 0. The first-order valence-corrected chi connectivity index (χ1v) is 5.10. The summed E-state index contributed by atoms with van der Waals surface area (Å²) in [6.45, 7) is -1.46. The number of rotatable bonds is 0. The summed E-state index contributed by atoms with van der Waals surface area (Å²) in [6.07, 6.45) is 0. The Hall–Kier alpha value is 1.59. The SMILES string of the molecule is Cl[Si](Cl)Cl.N.[GeH3]. The molecule has 0 saturated heterocycles. The maximum atomic E-state index is 4.91. The Kier molecular flexibility index (Phi) is 25.5. The second-order valence-electron chi connectivity index (χ2n) is 0.214. The van der Waals surface area contributed by atoms with Crippen LogP contribution in [0.1, 0.15) is 0 Å². The Bertz CT molecular complexity index is 15.5. The van der Waals surface area contributed by atoms with Crippen molar-refractivity contribution < 1.29 is 0 Å². The summed E-state index contributed by atoms with van der Waals surface area (Å²) in [5.41, 5.74) is 0. The van der Waals surface area contributed by atoms with E-state index in [9.17, 15) is 0 Å². The molecule has 0 aliphatic carbocycles. The molecule has 0 atom stereocenters. The van der Waals surface area contributed by atoms with E-state index in [1.54, 1.807) is 0 Å². The molecule has 6 heteroatoms. The average Bonchev–Trinajstić information content (AvgIpc) is 0.811. The summed E-state index contributed by atoms with van der Waals surface area (Å²) in [6, 6.07) is 0. The van der Waals surface area contributed by atoms with Crippen LogP contribution in [0.2, 0.25) is 0 Å². The van der Waals surface area contributed by atoms with Crippen molar-refractivity contribution >= 4 is 57.6 Å². The van der Waals surface area contributed by atoms with E-state index in [4.69, 9.17) is 33.2 Å². The third kappa shape index (κ3) is 46.6. The molecule has 40 valence electrons. The Labute approximate surface area is 63.6 Å². The molecule has 0 spiro atoms. The second kappa shape index (κ2) is 9.77. The van der Waals surface area contributed by atoms with Gasteiger partial charge in [0.05, 0.1) is 0 Å². The quantitative estimate of drug-likeness (QED) is 0.479. The van der Waals surface area contributed by atoms with E-state index in [1.165, 1.54) is 0 Å². The molecule has 0 aromatic heterocycles. The van der Waals surface area contributed by atoms with Crippen LogP contribution in [0, 0.1) is 0 Å². The summed E-state index contributed by atoms with van der Waals surface area (Å²) in [5.74, 6) is 0. The van der Waals surface area contributed by atoms with Crippen LogP contribution in [0.25, 0.3) is 0 Å². The molecule has 1 nitrogen and oxygen atoms in total. The molecule has 3 N–H and O–H groups in total. The van der Waals surface area contributed by atoms with Gasteiger partial charge in [-0.25, -0.2) is 0 Å². The van der Waals surface area contributed by atoms with Crippen molar-refractivity contribution in [3.8, 4) is 0 Å². The molecule has 0 aliphatic rings. The minimum absolute atomic E-state index is 0. The van der Waals surface area contributed by atoms with E-state index >= 15 is 0 Å². The van der Waals surface area contributed by atoms with E-state index in [-0.39, 0.29) is 23.7 Å². The predicted molar refractivity (Wildman–Crippen MR) is 38.3 cm³/mol. The van der Waals surface area contributed by atoms with Crippen molar-refractivity contribution in [1.29, 1.82) is 0 Å². The zero-order chi connectivity index (χ0) is 3.58. The van der Waals surface area contributed by atoms with E-state index in [0.717, 1.165) is 0 Å². The van der Waals surface area contributed by atoms with Crippen LogP contribution < -0.4 is 6.15 Å². The second-order valence-corrected chi connectivity index (χ2v) is 5.79. The fourth-order valence-electron chi connectivity index (χ4n) is 0. The zero-order valence-electron chi connectivity index (χ0n) is 3.34. The molecule has 0 aliphatic heterocycles. The van der Waals surface area contributed by atoms with Gasteiger partial charge in [0.1, 0.15) is 0 Å². The van der Waals surface area contributed by atoms with Crippen molar-refractivity contribution in [2.45, 2.75) is 0 Å². The van der Waals surface area contributed by atoms with Crippen LogP contribution in [-0.2, 0) is 0 Å². The first-order valence-electron chi connectivity index (χ1n) is 0.567. The molecule has 0 fully saturated rings. The normalized spacial score (nSPS) is 6.00. The van der Waals surface area contributed by atoms with E-state index in [2.05, 4.69) is 0 Å². The topological polar surface area (TPSA) is 35.0 Å². The van der Waals surface area contributed by atoms with Gasteiger partial charge < -0.3 is 6.15 Å². The van der Waals surface area contributed by atoms with Gasteiger partial charge in [0.2, 0.25) is 0 Å². The maximum absolute atomic E-state index is 4.91. The third-order valence-corrected chi connectivity index (χ3v) is 0. The van der Waals surface area contributed by atoms with Crippen molar-refractivity contribution in [2.75, 3.05) is 0 Å². The number of halogens is 3. The molecule has 0 aromatic rings. The molecule has 0 unspecified atom stereocenters. The molecule has 0 heterocycles. The Morgan fingerprint density at radius 2 is 1.00 bits per heavy atom. The van der Waals surface area contributed by atoms with E-state index in [0.29, 0.717) is 0 Å². The summed E-state index contributed by atoms with van der Waals surface area (Å²) >= 11 is 14.7. The van der Waals surface area contributed by atoms with Gasteiger partial charge in [0.25, 0.3) is 0 Å². The molecular formula is H6Cl3GeNSi. The molecule has 6 heavy (non-hydrogen) atoms. The summed E-state index contributed by atoms with van der Waals surface area (Å²) in [7, 11) is 0. The van der Waals surface area contributed by atoms with Crippen LogP contribution in [0.4, 0.5) is 0 Å². The molecular weight excluding hydrogens is 221 g/mol. The van der Waals surface area contributed by atoms with Crippen molar-refractivity contribution in [3.05, 3.63) is 0 Å². The van der Waals surface area contributed by atoms with Crippen molar-refractivity contribution in [1.82, 2.24) is 6.15 Å². The minimum atomic E-state index is -1.46. The molecule has 0 bridgehead atoms. The van der Waals surface area contributed by atoms with Crippen molar-refractivity contribution in [2.24, 2.45) is 0 Å². The first kappa shape index (κ1) is 15.6. The van der Waals surface area contributed by atoms with Crippen LogP contribution in [0.3, 0.4) is 0 Å². The van der Waals surface area contributed by atoms with Gasteiger partial charge in [0.15, 0.2) is 0 Å². The van der Waals surface area contributed by atoms with E-state index in [1.807, 2.05) is 0 Å². The number of hydrogen-bond donors (Lipinski definition) is 1. The van der Waals surface area contributed by atoms with Gasteiger partial charge in [0, 0.05) is 0 Å². The van der Waals surface area contributed by atoms with Crippen LogP contribution in [-0.4, -0.2) is 24.3 Å². The zero-order valence-corrected chi connectivity index (χ0v) is 10.8. The molecule has 2 radical (unpaired) electrons. The first-order chi connectivity index (χ1) is 1.73. The molecule has 0 saturated carbocycles. The standard InChI is InChI=1S/Cl3Si.GeH3.H3N/c1-4(2)3;;/h;2*1H3. The van der Waals surface area contributed by atoms with Crippen LogP contribution in [0.5, 0.6) is 0 Å².